The van der Waals surface area contributed by atoms with Gasteiger partial charge in [0.05, 0.1) is 34.8 Å². The fourth-order valence-electron chi connectivity index (χ4n) is 5.92. The highest BCUT2D eigenvalue weighted by molar-refractivity contribution is 5.96. The van der Waals surface area contributed by atoms with Crippen LogP contribution in [0.15, 0.2) is 18.2 Å². The molecule has 162 valence electrons. The number of ether oxygens (including phenoxy) is 2. The number of amides is 1. The first kappa shape index (κ1) is 20.6. The van der Waals surface area contributed by atoms with E-state index in [0.29, 0.717) is 31.1 Å². The second-order valence-corrected chi connectivity index (χ2v) is 9.14. The van der Waals surface area contributed by atoms with Crippen molar-refractivity contribution in [2.45, 2.75) is 57.2 Å². The second-order valence-electron chi connectivity index (χ2n) is 9.14. The SMILES string of the molecule is COc1cc([N+](=O)[O-])ccc1NC(=O)[C@@H](C)OC(=O)C12C[C@@H]3C[C@@H](CC(O)(C3)C1)C2. The number of methoxy groups -OCH3 is 1. The summed E-state index contributed by atoms with van der Waals surface area (Å²) in [6.07, 6.45) is 3.29. The number of nitro groups is 1. The molecule has 0 heterocycles. The molecular weight excluding hydrogens is 392 g/mol. The molecule has 4 aliphatic carbocycles. The molecule has 4 bridgehead atoms. The van der Waals surface area contributed by atoms with Crippen LogP contribution in [0.2, 0.25) is 0 Å². The monoisotopic (exact) mass is 418 g/mol. The lowest BCUT2D eigenvalue weighted by Crippen LogP contribution is -2.59. The van der Waals surface area contributed by atoms with E-state index in [2.05, 4.69) is 5.32 Å². The Kier molecular flexibility index (Phi) is 4.96. The van der Waals surface area contributed by atoms with Crippen LogP contribution in [0.4, 0.5) is 11.4 Å². The molecule has 1 aromatic carbocycles. The number of nitrogens with one attached hydrogen (secondary N) is 1. The van der Waals surface area contributed by atoms with E-state index < -0.39 is 33.9 Å². The van der Waals surface area contributed by atoms with E-state index in [1.807, 2.05) is 0 Å². The van der Waals surface area contributed by atoms with Crippen molar-refractivity contribution in [2.75, 3.05) is 12.4 Å². The minimum atomic E-state index is -1.06. The van der Waals surface area contributed by atoms with E-state index in [1.54, 1.807) is 0 Å². The maximum absolute atomic E-state index is 13.0. The van der Waals surface area contributed by atoms with Crippen molar-refractivity contribution in [1.29, 1.82) is 0 Å². The number of non-ortho nitro benzene ring substituents is 1. The van der Waals surface area contributed by atoms with Gasteiger partial charge < -0.3 is 19.9 Å². The normalized spacial score (nSPS) is 32.4. The van der Waals surface area contributed by atoms with Crippen LogP contribution in [0, 0.1) is 27.4 Å². The lowest BCUT2D eigenvalue weighted by Gasteiger charge is -2.58. The molecule has 4 aliphatic rings. The Bertz CT molecular complexity index is 885. The number of nitrogens with zero attached hydrogens (tertiary/aromatic N) is 1. The summed E-state index contributed by atoms with van der Waals surface area (Å²) in [5.74, 6) is -0.179. The van der Waals surface area contributed by atoms with Gasteiger partial charge in [-0.2, -0.15) is 0 Å². The van der Waals surface area contributed by atoms with Crippen LogP contribution in [-0.4, -0.2) is 40.7 Å². The zero-order valence-electron chi connectivity index (χ0n) is 17.1. The highest BCUT2D eigenvalue weighted by Crippen LogP contribution is 2.62. The maximum Gasteiger partial charge on any atom is 0.312 e. The number of aliphatic hydroxyl groups is 1. The van der Waals surface area contributed by atoms with Gasteiger partial charge in [0.1, 0.15) is 5.75 Å². The molecule has 2 unspecified atom stereocenters. The molecule has 4 saturated carbocycles. The van der Waals surface area contributed by atoms with Crippen LogP contribution in [0.3, 0.4) is 0 Å². The Balaban J connectivity index is 1.43. The molecule has 5 rings (SSSR count). The third-order valence-electron chi connectivity index (χ3n) is 6.77. The van der Waals surface area contributed by atoms with E-state index in [1.165, 1.54) is 32.2 Å². The summed E-state index contributed by atoms with van der Waals surface area (Å²) in [5, 5.41) is 24.3. The van der Waals surface area contributed by atoms with Crippen molar-refractivity contribution in [1.82, 2.24) is 0 Å². The topological polar surface area (TPSA) is 128 Å². The van der Waals surface area contributed by atoms with Crippen LogP contribution >= 0.6 is 0 Å². The Morgan fingerprint density at radius 1 is 1.27 bits per heavy atom. The standard InChI is InChI=1S/C21H26N2O7/c1-12(18(24)22-16-4-3-15(23(27)28)6-17(16)29-2)30-19(25)20-7-13-5-14(8-20)10-21(26,9-13)11-20/h3-4,6,12-14,26H,5,7-11H2,1-2H3,(H,22,24)/t12-,13-,14+,20?,21?/m1/s1. The summed E-state index contributed by atoms with van der Waals surface area (Å²) < 4.78 is 10.7. The van der Waals surface area contributed by atoms with E-state index in [9.17, 15) is 24.8 Å². The molecule has 1 amide bonds. The highest BCUT2D eigenvalue weighted by Gasteiger charge is 2.61. The van der Waals surface area contributed by atoms with Gasteiger partial charge in [0.15, 0.2) is 6.10 Å². The first-order valence-electron chi connectivity index (χ1n) is 10.2. The van der Waals surface area contributed by atoms with Crippen molar-refractivity contribution in [3.8, 4) is 5.75 Å². The molecule has 30 heavy (non-hydrogen) atoms. The molecule has 9 heteroatoms. The summed E-state index contributed by atoms with van der Waals surface area (Å²) in [6.45, 7) is 1.49. The van der Waals surface area contributed by atoms with Crippen LogP contribution < -0.4 is 10.1 Å². The van der Waals surface area contributed by atoms with Gasteiger partial charge in [0, 0.05) is 6.07 Å². The predicted molar refractivity (Wildman–Crippen MR) is 106 cm³/mol. The van der Waals surface area contributed by atoms with Gasteiger partial charge in [-0.15, -0.1) is 0 Å². The van der Waals surface area contributed by atoms with E-state index in [-0.39, 0.29) is 17.1 Å². The van der Waals surface area contributed by atoms with Gasteiger partial charge in [0.25, 0.3) is 11.6 Å². The molecule has 4 fully saturated rings. The van der Waals surface area contributed by atoms with Crippen LogP contribution in [0.1, 0.15) is 45.4 Å². The van der Waals surface area contributed by atoms with Gasteiger partial charge in [-0.3, -0.25) is 19.7 Å². The first-order chi connectivity index (χ1) is 14.1. The number of rotatable bonds is 6. The number of esters is 1. The number of hydrogen-bond donors (Lipinski definition) is 2. The molecule has 2 N–H and O–H groups in total. The number of carbonyl (C=O) groups excluding carboxylic acids is 2. The Morgan fingerprint density at radius 3 is 2.50 bits per heavy atom. The van der Waals surface area contributed by atoms with Crippen molar-refractivity contribution < 1.29 is 29.1 Å². The average molecular weight is 418 g/mol. The van der Waals surface area contributed by atoms with Gasteiger partial charge in [-0.05, 0) is 63.4 Å². The molecular formula is C21H26N2O7. The van der Waals surface area contributed by atoms with Crippen LogP contribution in [0.25, 0.3) is 0 Å². The Morgan fingerprint density at radius 2 is 1.93 bits per heavy atom. The largest absolute Gasteiger partial charge is 0.494 e. The van der Waals surface area contributed by atoms with Gasteiger partial charge in [-0.25, -0.2) is 0 Å². The highest BCUT2D eigenvalue weighted by atomic mass is 16.6. The molecule has 0 radical (unpaired) electrons. The van der Waals surface area contributed by atoms with Crippen LogP contribution in [0.5, 0.6) is 5.75 Å². The minimum absolute atomic E-state index is 0.138. The van der Waals surface area contributed by atoms with Crippen molar-refractivity contribution >= 4 is 23.3 Å². The summed E-state index contributed by atoms with van der Waals surface area (Å²) in [5.41, 5.74) is -1.41. The Hall–Kier alpha value is -2.68. The molecule has 9 nitrogen and oxygen atoms in total. The quantitative estimate of drug-likeness (QED) is 0.413. The third kappa shape index (κ3) is 3.62. The number of carbonyl (C=O) groups is 2. The number of anilines is 1. The average Bonchev–Trinajstić information content (AvgIpc) is 2.66. The molecule has 0 spiro atoms. The van der Waals surface area contributed by atoms with Gasteiger partial charge in [-0.1, -0.05) is 0 Å². The summed E-state index contributed by atoms with van der Waals surface area (Å²) in [4.78, 5) is 36.0. The summed E-state index contributed by atoms with van der Waals surface area (Å²) >= 11 is 0. The number of hydrogen-bond acceptors (Lipinski definition) is 7. The maximum atomic E-state index is 13.0. The summed E-state index contributed by atoms with van der Waals surface area (Å²) in [7, 11) is 1.34. The lowest BCUT2D eigenvalue weighted by molar-refractivity contribution is -0.384. The van der Waals surface area contributed by atoms with E-state index >= 15 is 0 Å². The molecule has 0 aliphatic heterocycles. The molecule has 0 saturated heterocycles. The van der Waals surface area contributed by atoms with Crippen molar-refractivity contribution in [3.05, 3.63) is 28.3 Å². The fourth-order valence-corrected chi connectivity index (χ4v) is 5.92. The number of benzene rings is 1. The fraction of sp³-hybridized carbons (Fsp3) is 0.619. The predicted octanol–water partition coefficient (Wildman–Crippen LogP) is 2.80. The lowest BCUT2D eigenvalue weighted by atomic mass is 9.48. The molecule has 1 aromatic rings. The Labute approximate surface area is 173 Å². The first-order valence-corrected chi connectivity index (χ1v) is 10.2. The van der Waals surface area contributed by atoms with Crippen molar-refractivity contribution in [3.63, 3.8) is 0 Å². The number of nitro benzene ring substituents is 1. The van der Waals surface area contributed by atoms with Gasteiger partial charge in [0.2, 0.25) is 0 Å². The zero-order chi connectivity index (χ0) is 21.7. The molecule has 5 atom stereocenters. The second kappa shape index (κ2) is 7.23. The summed E-state index contributed by atoms with van der Waals surface area (Å²) in [6, 6.07) is 3.84. The zero-order valence-corrected chi connectivity index (χ0v) is 17.1. The van der Waals surface area contributed by atoms with Crippen molar-refractivity contribution in [2.24, 2.45) is 17.3 Å². The van der Waals surface area contributed by atoms with E-state index in [4.69, 9.17) is 9.47 Å². The van der Waals surface area contributed by atoms with Gasteiger partial charge >= 0.3 is 5.97 Å². The minimum Gasteiger partial charge on any atom is -0.494 e. The molecule has 0 aromatic heterocycles. The third-order valence-corrected chi connectivity index (χ3v) is 6.77. The van der Waals surface area contributed by atoms with Crippen LogP contribution in [-0.2, 0) is 14.3 Å². The van der Waals surface area contributed by atoms with E-state index in [0.717, 1.165) is 19.3 Å². The smallest absolute Gasteiger partial charge is 0.312 e.